The van der Waals surface area contributed by atoms with Crippen molar-refractivity contribution >= 4 is 71.5 Å². The van der Waals surface area contributed by atoms with E-state index in [1.807, 2.05) is 65.4 Å². The number of phenolic OH excluding ortho intramolecular Hbond substituents is 1. The lowest BCUT2D eigenvalue weighted by molar-refractivity contribution is 0.0569. The first-order valence-corrected chi connectivity index (χ1v) is 27.5. The Bertz CT molecular complexity index is 3840. The quantitative estimate of drug-likeness (QED) is 0.0929. The Kier molecular flexibility index (Phi) is 15.3. The zero-order valence-electron chi connectivity index (χ0n) is 43.6. The molecule has 2 aliphatic rings. The summed E-state index contributed by atoms with van der Waals surface area (Å²) < 4.78 is 97.7. The molecule has 0 unspecified atom stereocenters. The summed E-state index contributed by atoms with van der Waals surface area (Å²) in [5.41, 5.74) is 3.81. The fourth-order valence-electron chi connectivity index (χ4n) is 9.51. The Morgan fingerprint density at radius 3 is 1.58 bits per heavy atom. The topological polar surface area (TPSA) is 221 Å². The third-order valence-electron chi connectivity index (χ3n) is 13.1. The number of rotatable bonds is 14. The van der Waals surface area contributed by atoms with E-state index in [1.54, 1.807) is 69.3 Å². The molecule has 0 saturated carbocycles. The number of aromatic hydroxyl groups is 1. The van der Waals surface area contributed by atoms with E-state index >= 15 is 0 Å². The second-order valence-electron chi connectivity index (χ2n) is 19.5. The van der Waals surface area contributed by atoms with E-state index in [1.165, 1.54) is 67.6 Å². The third-order valence-corrected chi connectivity index (χ3v) is 15.9. The van der Waals surface area contributed by atoms with E-state index in [0.29, 0.717) is 33.0 Å². The van der Waals surface area contributed by atoms with Crippen LogP contribution in [0.4, 0.5) is 25.0 Å². The lowest BCUT2D eigenvalue weighted by Gasteiger charge is -2.27. The fourth-order valence-corrected chi connectivity index (χ4v) is 11.1. The van der Waals surface area contributed by atoms with Gasteiger partial charge in [0.25, 0.3) is 11.8 Å². The second-order valence-corrected chi connectivity index (χ2v) is 23.1. The number of hydrogen-bond acceptors (Lipinski definition) is 12. The molecule has 0 bridgehead atoms. The van der Waals surface area contributed by atoms with Crippen molar-refractivity contribution in [2.24, 2.45) is 0 Å². The van der Waals surface area contributed by atoms with Gasteiger partial charge in [-0.05, 0) is 91.6 Å². The molecule has 6 aromatic carbocycles. The van der Waals surface area contributed by atoms with Crippen LogP contribution in [0.15, 0.2) is 146 Å². The smallest absolute Gasteiger partial charge is 0.422 e. The first-order chi connectivity index (χ1) is 37.6. The van der Waals surface area contributed by atoms with Gasteiger partial charge in [0, 0.05) is 81.6 Å². The van der Waals surface area contributed by atoms with Gasteiger partial charge in [-0.1, -0.05) is 84.9 Å². The van der Waals surface area contributed by atoms with Crippen LogP contribution in [0.3, 0.4) is 0 Å². The standard InChI is InChI=1S/C37H35FN4O6S.C20H19FN4O4S/c1-37(2,3)48-36(44)40-49(45,46)41(4)32-28-16-11-21-39-31(28)34(47-33(25-12-7-5-8-13-25)26-14-9-6-10-15-26)30-29(32)23-42(35(30)43)22-24-17-19-27(38)20-18-24;1-22-30(28,29)24(2)18-14-4-3-9-23-17(14)19(26)16-15(18)11-25(20(16)27)10-12-5-7-13(21)8-6-12/h5-21,33H,22-23H2,1-4H3,(H,40,44);3-9,22,26H,10-11H2,1-2H3. The lowest BCUT2D eigenvalue weighted by Crippen LogP contribution is -2.44. The number of amides is 3. The van der Waals surface area contributed by atoms with Crippen LogP contribution in [-0.4, -0.2) is 86.4 Å². The number of aromatic nitrogens is 2. The molecule has 79 heavy (non-hydrogen) atoms. The van der Waals surface area contributed by atoms with E-state index in [-0.39, 0.29) is 77.0 Å². The number of ether oxygens (including phenoxy) is 2. The molecular weight excluding hydrogens is 1060 g/mol. The zero-order valence-corrected chi connectivity index (χ0v) is 45.3. The molecule has 408 valence electrons. The summed E-state index contributed by atoms with van der Waals surface area (Å²) in [6.07, 6.45) is 1.19. The summed E-state index contributed by atoms with van der Waals surface area (Å²) in [7, 11) is -4.47. The van der Waals surface area contributed by atoms with Crippen LogP contribution in [0.5, 0.6) is 11.5 Å². The number of fused-ring (bicyclic) bond motifs is 4. The highest BCUT2D eigenvalue weighted by atomic mass is 32.2. The van der Waals surface area contributed by atoms with E-state index in [0.717, 1.165) is 19.7 Å². The molecule has 18 nitrogen and oxygen atoms in total. The van der Waals surface area contributed by atoms with Gasteiger partial charge < -0.3 is 24.4 Å². The van der Waals surface area contributed by atoms with Gasteiger partial charge in [-0.3, -0.25) is 28.2 Å². The molecule has 0 aliphatic carbocycles. The predicted octanol–water partition coefficient (Wildman–Crippen LogP) is 9.04. The Balaban J connectivity index is 0.000000215. The maximum Gasteiger partial charge on any atom is 0.422 e. The Morgan fingerprint density at radius 1 is 0.658 bits per heavy atom. The average Bonchev–Trinajstić information content (AvgIpc) is 4.10. The van der Waals surface area contributed by atoms with Crippen molar-refractivity contribution in [3.05, 3.63) is 202 Å². The maximum absolute atomic E-state index is 14.4. The third kappa shape index (κ3) is 11.3. The zero-order chi connectivity index (χ0) is 56.6. The van der Waals surface area contributed by atoms with Gasteiger partial charge in [-0.15, -0.1) is 0 Å². The highest BCUT2D eigenvalue weighted by Gasteiger charge is 2.41. The minimum Gasteiger partial charge on any atom is -0.505 e. The van der Waals surface area contributed by atoms with Crippen molar-refractivity contribution in [2.45, 2.75) is 58.7 Å². The summed E-state index contributed by atoms with van der Waals surface area (Å²) >= 11 is 0. The molecule has 8 aromatic rings. The molecule has 0 saturated heterocycles. The minimum atomic E-state index is -4.55. The van der Waals surface area contributed by atoms with E-state index in [2.05, 4.69) is 14.7 Å². The summed E-state index contributed by atoms with van der Waals surface area (Å²) in [6.45, 7) is 5.23. The van der Waals surface area contributed by atoms with Crippen molar-refractivity contribution in [1.29, 1.82) is 0 Å². The summed E-state index contributed by atoms with van der Waals surface area (Å²) in [5.74, 6) is -1.77. The van der Waals surface area contributed by atoms with Gasteiger partial charge in [-0.25, -0.2) is 23.0 Å². The van der Waals surface area contributed by atoms with Crippen LogP contribution in [0, 0.1) is 11.6 Å². The molecule has 0 radical (unpaired) electrons. The largest absolute Gasteiger partial charge is 0.505 e. The SMILES string of the molecule is CN(c1c2c(c(OC(c3ccccc3)c3ccccc3)c3ncccc13)C(=O)N(Cc1ccc(F)cc1)C2)S(=O)(=O)NC(=O)OC(C)(C)C.CNS(=O)(=O)N(C)c1c2c(c(O)c3ncccc13)C(=O)N(Cc1ccc(F)cc1)C2. The van der Waals surface area contributed by atoms with Gasteiger partial charge in [0.1, 0.15) is 34.4 Å². The van der Waals surface area contributed by atoms with E-state index < -0.39 is 55.8 Å². The van der Waals surface area contributed by atoms with Gasteiger partial charge in [0.15, 0.2) is 11.5 Å². The molecule has 2 aromatic heterocycles. The molecule has 0 spiro atoms. The van der Waals surface area contributed by atoms with E-state index in [9.17, 15) is 45.1 Å². The van der Waals surface area contributed by atoms with E-state index in [4.69, 9.17) is 9.47 Å². The summed E-state index contributed by atoms with van der Waals surface area (Å²) in [5, 5.41) is 11.6. The van der Waals surface area contributed by atoms with Gasteiger partial charge >= 0.3 is 26.5 Å². The normalized spacial score (nSPS) is 13.3. The number of nitrogens with one attached hydrogen (secondary N) is 2. The number of hydrogen-bond donors (Lipinski definition) is 3. The van der Waals surface area contributed by atoms with Gasteiger partial charge in [0.2, 0.25) is 0 Å². The molecule has 22 heteroatoms. The monoisotopic (exact) mass is 1110 g/mol. The minimum absolute atomic E-state index is 0.00426. The molecule has 10 rings (SSSR count). The number of carbonyl (C=O) groups is 3. The molecule has 4 heterocycles. The van der Waals surface area contributed by atoms with Crippen LogP contribution in [0.1, 0.15) is 81.0 Å². The first-order valence-electron chi connectivity index (χ1n) is 24.6. The van der Waals surface area contributed by atoms with Crippen molar-refractivity contribution in [2.75, 3.05) is 29.8 Å². The van der Waals surface area contributed by atoms with Crippen LogP contribution < -0.4 is 22.8 Å². The highest BCUT2D eigenvalue weighted by Crippen LogP contribution is 2.48. The molecule has 3 N–H and O–H groups in total. The Morgan fingerprint density at radius 2 is 1.10 bits per heavy atom. The van der Waals surface area contributed by atoms with Crippen molar-refractivity contribution in [3.63, 3.8) is 0 Å². The second kappa shape index (κ2) is 22.0. The average molecular weight is 1110 g/mol. The summed E-state index contributed by atoms with van der Waals surface area (Å²) in [6, 6.07) is 37.2. The Labute approximate surface area is 455 Å². The lowest BCUT2D eigenvalue weighted by atomic mass is 9.99. The van der Waals surface area contributed by atoms with Crippen molar-refractivity contribution < 1.29 is 54.6 Å². The van der Waals surface area contributed by atoms with Crippen LogP contribution in [0.25, 0.3) is 21.8 Å². The number of phenols is 1. The summed E-state index contributed by atoms with van der Waals surface area (Å²) in [4.78, 5) is 51.9. The highest BCUT2D eigenvalue weighted by molar-refractivity contribution is 7.91. The molecule has 0 atom stereocenters. The maximum atomic E-state index is 14.4. The predicted molar refractivity (Wildman–Crippen MR) is 294 cm³/mol. The molecule has 0 fully saturated rings. The fraction of sp³-hybridized carbons (Fsp3) is 0.211. The molecular formula is C57H54F2N8O10S2. The Hall–Kier alpha value is -8.73. The van der Waals surface area contributed by atoms with Crippen molar-refractivity contribution in [1.82, 2.24) is 29.2 Å². The number of nitrogens with zero attached hydrogens (tertiary/aromatic N) is 6. The molecule has 2 aliphatic heterocycles. The molecule has 3 amide bonds. The first kappa shape index (κ1) is 55.0. The van der Waals surface area contributed by atoms with Gasteiger partial charge in [0.05, 0.1) is 22.5 Å². The number of pyridine rings is 2. The number of halogens is 2. The number of benzene rings is 6. The van der Waals surface area contributed by atoms with Crippen LogP contribution in [-0.2, 0) is 51.3 Å². The van der Waals surface area contributed by atoms with Crippen LogP contribution in [0.2, 0.25) is 0 Å². The van der Waals surface area contributed by atoms with Crippen LogP contribution >= 0.6 is 0 Å². The van der Waals surface area contributed by atoms with Crippen molar-refractivity contribution in [3.8, 4) is 11.5 Å². The number of carbonyl (C=O) groups excluding carboxylic acids is 3. The van der Waals surface area contributed by atoms with Gasteiger partial charge in [-0.2, -0.15) is 16.8 Å². The number of anilines is 2.